The highest BCUT2D eigenvalue weighted by Gasteiger charge is 2.63. The van der Waals surface area contributed by atoms with Crippen LogP contribution in [0.5, 0.6) is 11.5 Å². The van der Waals surface area contributed by atoms with E-state index in [0.717, 1.165) is 53.9 Å². The zero-order valence-electron chi connectivity index (χ0n) is 21.1. The van der Waals surface area contributed by atoms with Gasteiger partial charge in [0.1, 0.15) is 17.1 Å². The average molecular weight is 483 g/mol. The predicted octanol–water partition coefficient (Wildman–Crippen LogP) is 5.81. The van der Waals surface area contributed by atoms with Gasteiger partial charge in [-0.3, -0.25) is 0 Å². The lowest BCUT2D eigenvalue weighted by Gasteiger charge is -2.37. The molecule has 2 aliphatic carbocycles. The molecule has 3 aromatic carbocycles. The molecule has 0 spiro atoms. The molecule has 4 heteroatoms. The van der Waals surface area contributed by atoms with E-state index < -0.39 is 5.60 Å². The molecule has 1 saturated carbocycles. The third kappa shape index (κ3) is 4.28. The third-order valence-corrected chi connectivity index (χ3v) is 8.16. The number of methoxy groups -OCH3 is 2. The lowest BCUT2D eigenvalue weighted by molar-refractivity contribution is -0.0343. The molecule has 36 heavy (non-hydrogen) atoms. The van der Waals surface area contributed by atoms with Crippen molar-refractivity contribution in [3.05, 3.63) is 95.6 Å². The van der Waals surface area contributed by atoms with Crippen molar-refractivity contribution in [1.29, 1.82) is 0 Å². The van der Waals surface area contributed by atoms with Crippen LogP contribution in [0.4, 0.5) is 0 Å². The van der Waals surface area contributed by atoms with Crippen molar-refractivity contribution >= 4 is 0 Å². The van der Waals surface area contributed by atoms with Crippen LogP contribution in [-0.2, 0) is 10.3 Å². The first-order valence-corrected chi connectivity index (χ1v) is 12.7. The van der Waals surface area contributed by atoms with Gasteiger partial charge in [0.15, 0.2) is 0 Å². The number of aliphatic hydroxyl groups is 1. The fourth-order valence-corrected chi connectivity index (χ4v) is 6.09. The van der Waals surface area contributed by atoms with Gasteiger partial charge < -0.3 is 19.3 Å². The molecule has 2 aliphatic rings. The van der Waals surface area contributed by atoms with E-state index in [1.54, 1.807) is 14.2 Å². The topological polar surface area (TPSA) is 47.9 Å². The summed E-state index contributed by atoms with van der Waals surface area (Å²) in [6.07, 6.45) is 3.82. The minimum absolute atomic E-state index is 0.123. The zero-order chi connectivity index (χ0) is 25.0. The van der Waals surface area contributed by atoms with Gasteiger partial charge in [-0.2, -0.15) is 0 Å². The molecule has 186 valence electrons. The van der Waals surface area contributed by atoms with Crippen LogP contribution in [0.1, 0.15) is 42.4 Å². The first-order chi connectivity index (χ1) is 17.7. The van der Waals surface area contributed by atoms with Gasteiger partial charge in [-0.25, -0.2) is 0 Å². The summed E-state index contributed by atoms with van der Waals surface area (Å²) in [7, 11) is 3.35. The SMILES string of the molecule is COc1ccc(C(OCC2(CO)C3CCC#CCCC32)(c2ccccc2)c2ccc(OC)cc2)cc1. The van der Waals surface area contributed by atoms with Gasteiger partial charge in [0.25, 0.3) is 0 Å². The number of hydrogen-bond acceptors (Lipinski definition) is 4. The molecule has 0 saturated heterocycles. The second kappa shape index (κ2) is 10.4. The van der Waals surface area contributed by atoms with Gasteiger partial charge >= 0.3 is 0 Å². The summed E-state index contributed by atoms with van der Waals surface area (Å²) in [5.74, 6) is 9.04. The summed E-state index contributed by atoms with van der Waals surface area (Å²) >= 11 is 0. The Labute approximate surface area is 214 Å². The van der Waals surface area contributed by atoms with E-state index in [0.29, 0.717) is 18.4 Å². The Hall–Kier alpha value is -3.26. The second-order valence-electron chi connectivity index (χ2n) is 9.83. The fourth-order valence-electron chi connectivity index (χ4n) is 6.09. The summed E-state index contributed by atoms with van der Waals surface area (Å²) in [5, 5.41) is 10.7. The lowest BCUT2D eigenvalue weighted by Crippen LogP contribution is -2.36. The van der Waals surface area contributed by atoms with E-state index in [9.17, 15) is 5.11 Å². The number of fused-ring (bicyclic) bond motifs is 1. The summed E-state index contributed by atoms with van der Waals surface area (Å²) < 4.78 is 18.0. The maximum Gasteiger partial charge on any atom is 0.143 e. The number of aliphatic hydroxyl groups excluding tert-OH is 1. The van der Waals surface area contributed by atoms with E-state index in [1.165, 1.54) is 0 Å². The monoisotopic (exact) mass is 482 g/mol. The number of rotatable bonds is 9. The molecule has 0 heterocycles. The van der Waals surface area contributed by atoms with Crippen LogP contribution >= 0.6 is 0 Å². The van der Waals surface area contributed by atoms with Crippen molar-refractivity contribution < 1.29 is 19.3 Å². The van der Waals surface area contributed by atoms with Gasteiger partial charge in [-0.15, -0.1) is 11.8 Å². The maximum absolute atomic E-state index is 10.7. The van der Waals surface area contributed by atoms with E-state index in [-0.39, 0.29) is 12.0 Å². The molecule has 0 aliphatic heterocycles. The van der Waals surface area contributed by atoms with Crippen LogP contribution in [0, 0.1) is 29.1 Å². The van der Waals surface area contributed by atoms with Gasteiger partial charge in [-0.05, 0) is 65.6 Å². The van der Waals surface area contributed by atoms with Crippen molar-refractivity contribution in [2.75, 3.05) is 27.4 Å². The maximum atomic E-state index is 10.7. The van der Waals surface area contributed by atoms with Crippen molar-refractivity contribution in [3.8, 4) is 23.3 Å². The summed E-state index contributed by atoms with van der Waals surface area (Å²) in [5.41, 5.74) is 1.95. The van der Waals surface area contributed by atoms with E-state index in [2.05, 4.69) is 48.2 Å². The highest BCUT2D eigenvalue weighted by atomic mass is 16.5. The molecular formula is C32H34O4. The lowest BCUT2D eigenvalue weighted by atomic mass is 9.79. The minimum Gasteiger partial charge on any atom is -0.497 e. The van der Waals surface area contributed by atoms with Gasteiger partial charge in [-0.1, -0.05) is 54.6 Å². The summed E-state index contributed by atoms with van der Waals surface area (Å²) in [6.45, 7) is 0.588. The highest BCUT2D eigenvalue weighted by molar-refractivity contribution is 5.49. The molecule has 1 N–H and O–H groups in total. The molecular weight excluding hydrogens is 448 g/mol. The molecule has 0 radical (unpaired) electrons. The van der Waals surface area contributed by atoms with Gasteiger partial charge in [0, 0.05) is 18.3 Å². The molecule has 2 atom stereocenters. The number of ether oxygens (including phenoxy) is 3. The van der Waals surface area contributed by atoms with Crippen LogP contribution in [0.25, 0.3) is 0 Å². The normalized spacial score (nSPS) is 22.9. The van der Waals surface area contributed by atoms with E-state index in [1.807, 2.05) is 42.5 Å². The Bertz CT molecular complexity index is 1140. The quantitative estimate of drug-likeness (QED) is 0.309. The van der Waals surface area contributed by atoms with Crippen LogP contribution in [0.2, 0.25) is 0 Å². The molecule has 0 bridgehead atoms. The molecule has 4 nitrogen and oxygen atoms in total. The van der Waals surface area contributed by atoms with Crippen molar-refractivity contribution in [3.63, 3.8) is 0 Å². The van der Waals surface area contributed by atoms with E-state index >= 15 is 0 Å². The smallest absolute Gasteiger partial charge is 0.143 e. The minimum atomic E-state index is -0.865. The van der Waals surface area contributed by atoms with Crippen molar-refractivity contribution in [2.45, 2.75) is 31.3 Å². The summed E-state index contributed by atoms with van der Waals surface area (Å²) in [4.78, 5) is 0. The number of hydrogen-bond donors (Lipinski definition) is 1. The first-order valence-electron chi connectivity index (χ1n) is 12.7. The Morgan fingerprint density at radius 3 is 1.67 bits per heavy atom. The van der Waals surface area contributed by atoms with Gasteiger partial charge in [0.05, 0.1) is 27.4 Å². The second-order valence-corrected chi connectivity index (χ2v) is 9.83. The Morgan fingerprint density at radius 2 is 1.22 bits per heavy atom. The number of benzene rings is 3. The van der Waals surface area contributed by atoms with E-state index in [4.69, 9.17) is 14.2 Å². The third-order valence-electron chi connectivity index (χ3n) is 8.16. The molecule has 3 aromatic rings. The molecule has 0 amide bonds. The first kappa shape index (κ1) is 24.4. The molecule has 0 aromatic heterocycles. The van der Waals surface area contributed by atoms with Crippen molar-refractivity contribution in [2.24, 2.45) is 17.3 Å². The predicted molar refractivity (Wildman–Crippen MR) is 141 cm³/mol. The van der Waals surface area contributed by atoms with Crippen LogP contribution < -0.4 is 9.47 Å². The summed E-state index contributed by atoms with van der Waals surface area (Å²) in [6, 6.07) is 26.6. The van der Waals surface area contributed by atoms with Crippen molar-refractivity contribution in [1.82, 2.24) is 0 Å². The Morgan fingerprint density at radius 1 is 0.750 bits per heavy atom. The van der Waals surface area contributed by atoms with Crippen LogP contribution in [0.15, 0.2) is 78.9 Å². The zero-order valence-corrected chi connectivity index (χ0v) is 21.1. The Kier molecular flexibility index (Phi) is 7.05. The van der Waals surface area contributed by atoms with Gasteiger partial charge in [0.2, 0.25) is 0 Å². The molecule has 2 unspecified atom stereocenters. The molecule has 5 rings (SSSR count). The average Bonchev–Trinajstić information content (AvgIpc) is 3.53. The Balaban J connectivity index is 1.60. The fraction of sp³-hybridized carbons (Fsp3) is 0.375. The molecule has 1 fully saturated rings. The highest BCUT2D eigenvalue weighted by Crippen LogP contribution is 2.64. The standard InChI is InChI=1S/C32H34O4/c1-34-27-18-14-25(15-19-27)32(24-10-6-5-7-11-24,26-16-20-28(35-2)21-17-26)36-23-31(22-33)29-12-8-3-4-9-13-30(29)31/h5-7,10-11,14-21,29-30,33H,8-9,12-13,22-23H2,1-2H3. The van der Waals surface area contributed by atoms with Crippen LogP contribution in [0.3, 0.4) is 0 Å². The largest absolute Gasteiger partial charge is 0.497 e. The van der Waals surface area contributed by atoms with Crippen LogP contribution in [-0.4, -0.2) is 32.5 Å².